The van der Waals surface area contributed by atoms with E-state index in [4.69, 9.17) is 0 Å². The van der Waals surface area contributed by atoms with Gasteiger partial charge in [-0.1, -0.05) is 11.6 Å². The van der Waals surface area contributed by atoms with E-state index in [1.54, 1.807) is 0 Å². The van der Waals surface area contributed by atoms with Gasteiger partial charge in [0, 0.05) is 5.39 Å². The van der Waals surface area contributed by atoms with E-state index in [0.29, 0.717) is 0 Å². The predicted octanol–water partition coefficient (Wildman–Crippen LogP) is 3.61. The SMILES string of the molecule is Cc1ccc2c(c1)c(C)nn2CCC(F)(F)F. The number of aryl methyl sites for hydroxylation is 3. The smallest absolute Gasteiger partial charge is 0.264 e. The van der Waals surface area contributed by atoms with Crippen molar-refractivity contribution in [3.05, 3.63) is 29.5 Å². The van der Waals surface area contributed by atoms with Crippen LogP contribution in [0.15, 0.2) is 18.2 Å². The number of benzene rings is 1. The number of alkyl halides is 3. The van der Waals surface area contributed by atoms with Crippen LogP contribution in [-0.4, -0.2) is 16.0 Å². The zero-order chi connectivity index (χ0) is 12.6. The van der Waals surface area contributed by atoms with Crippen LogP contribution < -0.4 is 0 Å². The molecule has 0 spiro atoms. The van der Waals surface area contributed by atoms with Crippen molar-refractivity contribution in [2.24, 2.45) is 0 Å². The number of hydrogen-bond acceptors (Lipinski definition) is 1. The Bertz CT molecular complexity index is 540. The maximum Gasteiger partial charge on any atom is 0.390 e. The van der Waals surface area contributed by atoms with E-state index >= 15 is 0 Å². The Morgan fingerprint density at radius 1 is 1.24 bits per heavy atom. The Labute approximate surface area is 97.0 Å². The molecule has 0 radical (unpaired) electrons. The predicted molar refractivity (Wildman–Crippen MR) is 59.9 cm³/mol. The zero-order valence-electron chi connectivity index (χ0n) is 9.67. The fraction of sp³-hybridized carbons (Fsp3) is 0.417. The molecule has 0 aliphatic rings. The minimum absolute atomic E-state index is 0.128. The molecule has 2 rings (SSSR count). The lowest BCUT2D eigenvalue weighted by Crippen LogP contribution is -2.13. The number of hydrogen-bond donors (Lipinski definition) is 0. The summed E-state index contributed by atoms with van der Waals surface area (Å²) in [7, 11) is 0. The molecule has 0 saturated carbocycles. The molecule has 5 heteroatoms. The van der Waals surface area contributed by atoms with Crippen molar-refractivity contribution in [1.29, 1.82) is 0 Å². The van der Waals surface area contributed by atoms with E-state index in [-0.39, 0.29) is 6.54 Å². The molecule has 0 fully saturated rings. The van der Waals surface area contributed by atoms with E-state index < -0.39 is 12.6 Å². The van der Waals surface area contributed by atoms with E-state index in [1.165, 1.54) is 4.68 Å². The second kappa shape index (κ2) is 4.05. The van der Waals surface area contributed by atoms with Crippen LogP contribution in [0.1, 0.15) is 17.7 Å². The minimum Gasteiger partial charge on any atom is -0.264 e. The first-order valence-electron chi connectivity index (χ1n) is 5.37. The maximum absolute atomic E-state index is 12.2. The van der Waals surface area contributed by atoms with E-state index in [0.717, 1.165) is 22.2 Å². The highest BCUT2D eigenvalue weighted by Crippen LogP contribution is 2.24. The highest BCUT2D eigenvalue weighted by molar-refractivity contribution is 5.82. The first-order valence-corrected chi connectivity index (χ1v) is 5.37. The fourth-order valence-corrected chi connectivity index (χ4v) is 1.86. The summed E-state index contributed by atoms with van der Waals surface area (Å²) in [6, 6.07) is 5.65. The van der Waals surface area contributed by atoms with Gasteiger partial charge in [-0.15, -0.1) is 0 Å². The van der Waals surface area contributed by atoms with Crippen LogP contribution in [0.5, 0.6) is 0 Å². The van der Waals surface area contributed by atoms with Crippen LogP contribution in [0.3, 0.4) is 0 Å². The van der Waals surface area contributed by atoms with Gasteiger partial charge in [0.1, 0.15) is 0 Å². The molecule has 1 aromatic carbocycles. The molecule has 2 aromatic rings. The summed E-state index contributed by atoms with van der Waals surface area (Å²) in [5.41, 5.74) is 2.61. The van der Waals surface area contributed by atoms with Gasteiger partial charge in [0.2, 0.25) is 0 Å². The number of rotatable bonds is 2. The van der Waals surface area contributed by atoms with Crippen molar-refractivity contribution >= 4 is 10.9 Å². The Morgan fingerprint density at radius 2 is 1.94 bits per heavy atom. The molecule has 0 aliphatic heterocycles. The summed E-state index contributed by atoms with van der Waals surface area (Å²) < 4.78 is 37.9. The molecule has 1 aromatic heterocycles. The van der Waals surface area contributed by atoms with Crippen LogP contribution >= 0.6 is 0 Å². The number of aromatic nitrogens is 2. The summed E-state index contributed by atoms with van der Waals surface area (Å²) in [4.78, 5) is 0. The Balaban J connectivity index is 2.36. The molecule has 0 amide bonds. The zero-order valence-corrected chi connectivity index (χ0v) is 9.67. The first kappa shape index (κ1) is 12.0. The third kappa shape index (κ3) is 2.60. The average molecular weight is 242 g/mol. The van der Waals surface area contributed by atoms with Gasteiger partial charge < -0.3 is 0 Å². The summed E-state index contributed by atoms with van der Waals surface area (Å²) in [6.07, 6.45) is -4.99. The van der Waals surface area contributed by atoms with Crippen LogP contribution in [0.4, 0.5) is 13.2 Å². The standard InChI is InChI=1S/C12H13F3N2/c1-8-3-4-11-10(7-8)9(2)16-17(11)6-5-12(13,14)15/h3-4,7H,5-6H2,1-2H3. The van der Waals surface area contributed by atoms with Gasteiger partial charge in [0.15, 0.2) is 0 Å². The van der Waals surface area contributed by atoms with Crippen molar-refractivity contribution in [3.8, 4) is 0 Å². The molecule has 1 heterocycles. The first-order chi connectivity index (χ1) is 7.87. The van der Waals surface area contributed by atoms with Gasteiger partial charge in [-0.25, -0.2) is 0 Å². The highest BCUT2D eigenvalue weighted by Gasteiger charge is 2.27. The molecule has 0 N–H and O–H groups in total. The van der Waals surface area contributed by atoms with Gasteiger partial charge in [0.25, 0.3) is 0 Å². The van der Waals surface area contributed by atoms with Gasteiger partial charge >= 0.3 is 6.18 Å². The van der Waals surface area contributed by atoms with Crippen LogP contribution in [0.2, 0.25) is 0 Å². The van der Waals surface area contributed by atoms with Crippen molar-refractivity contribution in [1.82, 2.24) is 9.78 Å². The molecule has 0 aliphatic carbocycles. The molecule has 0 atom stereocenters. The molecule has 0 unspecified atom stereocenters. The van der Waals surface area contributed by atoms with Crippen molar-refractivity contribution in [2.45, 2.75) is 33.0 Å². The topological polar surface area (TPSA) is 17.8 Å². The van der Waals surface area contributed by atoms with Gasteiger partial charge in [-0.3, -0.25) is 4.68 Å². The second-order valence-electron chi connectivity index (χ2n) is 4.19. The average Bonchev–Trinajstić information content (AvgIpc) is 2.52. The van der Waals surface area contributed by atoms with Crippen LogP contribution in [-0.2, 0) is 6.54 Å². The molecular weight excluding hydrogens is 229 g/mol. The second-order valence-corrected chi connectivity index (χ2v) is 4.19. The summed E-state index contributed by atoms with van der Waals surface area (Å²) in [5, 5.41) is 5.07. The lowest BCUT2D eigenvalue weighted by Gasteiger charge is -2.07. The number of fused-ring (bicyclic) bond motifs is 1. The minimum atomic E-state index is -4.14. The van der Waals surface area contributed by atoms with Crippen molar-refractivity contribution in [3.63, 3.8) is 0 Å². The Kier molecular flexibility index (Phi) is 2.85. The van der Waals surface area contributed by atoms with E-state index in [9.17, 15) is 13.2 Å². The maximum atomic E-state index is 12.2. The highest BCUT2D eigenvalue weighted by atomic mass is 19.4. The van der Waals surface area contributed by atoms with Crippen LogP contribution in [0, 0.1) is 13.8 Å². The summed E-state index contributed by atoms with van der Waals surface area (Å²) in [5.74, 6) is 0. The fourth-order valence-electron chi connectivity index (χ4n) is 1.86. The Morgan fingerprint density at radius 3 is 2.59 bits per heavy atom. The summed E-state index contributed by atoms with van der Waals surface area (Å²) >= 11 is 0. The normalized spacial score (nSPS) is 12.3. The van der Waals surface area contributed by atoms with Crippen molar-refractivity contribution < 1.29 is 13.2 Å². The lowest BCUT2D eigenvalue weighted by molar-refractivity contribution is -0.137. The lowest BCUT2D eigenvalue weighted by atomic mass is 10.1. The van der Waals surface area contributed by atoms with Gasteiger partial charge in [-0.05, 0) is 26.0 Å². The van der Waals surface area contributed by atoms with Gasteiger partial charge in [-0.2, -0.15) is 18.3 Å². The molecule has 0 bridgehead atoms. The molecule has 17 heavy (non-hydrogen) atoms. The number of nitrogens with zero attached hydrogens (tertiary/aromatic N) is 2. The third-order valence-electron chi connectivity index (χ3n) is 2.70. The largest absolute Gasteiger partial charge is 0.390 e. The molecule has 0 saturated heterocycles. The Hall–Kier alpha value is -1.52. The van der Waals surface area contributed by atoms with Crippen LogP contribution in [0.25, 0.3) is 10.9 Å². The van der Waals surface area contributed by atoms with Crippen molar-refractivity contribution in [2.75, 3.05) is 0 Å². The quantitative estimate of drug-likeness (QED) is 0.786. The van der Waals surface area contributed by atoms with E-state index in [2.05, 4.69) is 5.10 Å². The van der Waals surface area contributed by atoms with Gasteiger partial charge in [0.05, 0.1) is 24.2 Å². The third-order valence-corrected chi connectivity index (χ3v) is 2.70. The summed E-state index contributed by atoms with van der Waals surface area (Å²) in [6.45, 7) is 3.63. The molecule has 92 valence electrons. The molecule has 2 nitrogen and oxygen atoms in total. The molecular formula is C12H13F3N2. The number of halogens is 3. The monoisotopic (exact) mass is 242 g/mol. The van der Waals surface area contributed by atoms with E-state index in [1.807, 2.05) is 32.0 Å².